The van der Waals surface area contributed by atoms with Crippen LogP contribution in [0.3, 0.4) is 0 Å². The molecule has 0 atom stereocenters. The summed E-state index contributed by atoms with van der Waals surface area (Å²) in [5, 5.41) is 25.1. The molecule has 2 aromatic heterocycles. The summed E-state index contributed by atoms with van der Waals surface area (Å²) >= 11 is 1.54. The molecule has 0 bridgehead atoms. The summed E-state index contributed by atoms with van der Waals surface area (Å²) < 4.78 is 0. The first-order valence-corrected chi connectivity index (χ1v) is 9.05. The minimum absolute atomic E-state index is 0.148. The molecule has 134 valence electrons. The van der Waals surface area contributed by atoms with Crippen molar-refractivity contribution in [1.29, 1.82) is 0 Å². The summed E-state index contributed by atoms with van der Waals surface area (Å²) in [6.07, 6.45) is 0. The number of anilines is 2. The predicted octanol–water partition coefficient (Wildman–Crippen LogP) is 4.81. The molecular weight excluding hydrogens is 362 g/mol. The van der Waals surface area contributed by atoms with Gasteiger partial charge >= 0.3 is 5.97 Å². The van der Waals surface area contributed by atoms with Crippen LogP contribution >= 0.6 is 11.3 Å². The lowest BCUT2D eigenvalue weighted by Gasteiger charge is -2.11. The van der Waals surface area contributed by atoms with E-state index in [1.165, 1.54) is 23.5 Å². The van der Waals surface area contributed by atoms with E-state index in [1.807, 2.05) is 42.6 Å². The van der Waals surface area contributed by atoms with Gasteiger partial charge in [-0.15, -0.1) is 11.3 Å². The summed E-state index contributed by atoms with van der Waals surface area (Å²) in [4.78, 5) is 21.0. The number of rotatable bonds is 4. The highest BCUT2D eigenvalue weighted by molar-refractivity contribution is 7.17. The minimum Gasteiger partial charge on any atom is -0.507 e. The van der Waals surface area contributed by atoms with Gasteiger partial charge in [-0.2, -0.15) is 0 Å². The van der Waals surface area contributed by atoms with Crippen LogP contribution < -0.4 is 5.32 Å². The molecule has 27 heavy (non-hydrogen) atoms. The van der Waals surface area contributed by atoms with Crippen LogP contribution in [-0.2, 0) is 0 Å². The second-order valence-corrected chi connectivity index (χ2v) is 6.84. The van der Waals surface area contributed by atoms with E-state index in [0.29, 0.717) is 17.3 Å². The predicted molar refractivity (Wildman–Crippen MR) is 106 cm³/mol. The largest absolute Gasteiger partial charge is 0.507 e. The maximum Gasteiger partial charge on any atom is 0.339 e. The molecule has 0 aliphatic carbocycles. The molecule has 0 fully saturated rings. The summed E-state index contributed by atoms with van der Waals surface area (Å²) in [7, 11) is 0. The second-order valence-electron chi connectivity index (χ2n) is 5.98. The average Bonchev–Trinajstić information content (AvgIpc) is 3.06. The van der Waals surface area contributed by atoms with E-state index in [1.54, 1.807) is 6.07 Å². The van der Waals surface area contributed by atoms with Gasteiger partial charge in [-0.25, -0.2) is 14.8 Å². The van der Waals surface area contributed by atoms with Crippen molar-refractivity contribution in [3.63, 3.8) is 0 Å². The van der Waals surface area contributed by atoms with Crippen LogP contribution in [0.15, 0.2) is 53.9 Å². The number of aromatic hydroxyl groups is 1. The van der Waals surface area contributed by atoms with Crippen LogP contribution in [0.2, 0.25) is 0 Å². The van der Waals surface area contributed by atoms with E-state index in [4.69, 9.17) is 5.11 Å². The Morgan fingerprint density at radius 2 is 1.89 bits per heavy atom. The number of aromatic carboxylic acids is 1. The first-order valence-electron chi connectivity index (χ1n) is 8.17. The number of nitrogens with zero attached hydrogens (tertiary/aromatic N) is 2. The molecule has 0 radical (unpaired) electrons. The Morgan fingerprint density at radius 1 is 1.11 bits per heavy atom. The fourth-order valence-electron chi connectivity index (χ4n) is 2.90. The maximum atomic E-state index is 11.1. The fraction of sp³-hybridized carbons (Fsp3) is 0.0500. The van der Waals surface area contributed by atoms with Crippen LogP contribution in [0.5, 0.6) is 5.75 Å². The molecule has 0 saturated heterocycles. The monoisotopic (exact) mass is 377 g/mol. The lowest BCUT2D eigenvalue weighted by atomic mass is 10.1. The molecule has 7 heteroatoms. The number of aromatic nitrogens is 2. The van der Waals surface area contributed by atoms with Gasteiger partial charge in [0.25, 0.3) is 0 Å². The number of nitrogens with one attached hydrogen (secondary N) is 1. The Labute approximate surface area is 158 Å². The Kier molecular flexibility index (Phi) is 4.21. The van der Waals surface area contributed by atoms with Gasteiger partial charge in [0.2, 0.25) is 0 Å². The second kappa shape index (κ2) is 6.69. The lowest BCUT2D eigenvalue weighted by Crippen LogP contribution is -2.00. The van der Waals surface area contributed by atoms with Gasteiger partial charge in [0.1, 0.15) is 27.8 Å². The topological polar surface area (TPSA) is 95.3 Å². The number of benzene rings is 2. The first kappa shape index (κ1) is 17.0. The van der Waals surface area contributed by atoms with Crippen LogP contribution in [-0.4, -0.2) is 26.2 Å². The average molecular weight is 377 g/mol. The number of aryl methyl sites for hydroxylation is 1. The molecule has 0 unspecified atom stereocenters. The van der Waals surface area contributed by atoms with Crippen LogP contribution in [0.25, 0.3) is 21.3 Å². The Morgan fingerprint density at radius 3 is 2.59 bits per heavy atom. The van der Waals surface area contributed by atoms with Crippen LogP contribution in [0.1, 0.15) is 16.2 Å². The molecule has 4 aromatic rings. The molecule has 4 rings (SSSR count). The number of thiophene rings is 1. The van der Waals surface area contributed by atoms with E-state index in [0.717, 1.165) is 21.3 Å². The standard InChI is InChI=1S/C20H15N3O3S/c1-11-21-18(23-13-7-8-14(20(25)26)16(24)9-13)17-15(10-27-19(17)22-11)12-5-3-2-4-6-12/h2-10,24H,1H3,(H,25,26)(H,21,22,23). The normalized spacial score (nSPS) is 10.9. The molecule has 0 aliphatic rings. The molecular formula is C20H15N3O3S. The SMILES string of the molecule is Cc1nc(Nc2ccc(C(=O)O)c(O)c2)c2c(-c3ccccc3)csc2n1. The number of phenols is 1. The van der Waals surface area contributed by atoms with Crippen LogP contribution in [0, 0.1) is 6.92 Å². The minimum atomic E-state index is -1.18. The van der Waals surface area contributed by atoms with Crippen molar-refractivity contribution in [3.05, 3.63) is 65.3 Å². The third-order valence-corrected chi connectivity index (χ3v) is 4.99. The summed E-state index contributed by atoms with van der Waals surface area (Å²) in [6.45, 7) is 1.82. The number of hydrogen-bond acceptors (Lipinski definition) is 6. The van der Waals surface area contributed by atoms with Crippen LogP contribution in [0.4, 0.5) is 11.5 Å². The summed E-state index contributed by atoms with van der Waals surface area (Å²) in [5.74, 6) is -0.246. The van der Waals surface area contributed by atoms with Crippen molar-refractivity contribution in [2.75, 3.05) is 5.32 Å². The highest BCUT2D eigenvalue weighted by Crippen LogP contribution is 2.38. The number of carbonyl (C=O) groups is 1. The van der Waals surface area contributed by atoms with Crippen molar-refractivity contribution < 1.29 is 15.0 Å². The van der Waals surface area contributed by atoms with Crippen molar-refractivity contribution >= 4 is 39.0 Å². The summed E-state index contributed by atoms with van der Waals surface area (Å²) in [5.41, 5.74) is 2.47. The maximum absolute atomic E-state index is 11.1. The molecule has 6 nitrogen and oxygen atoms in total. The molecule has 0 saturated carbocycles. The van der Waals surface area contributed by atoms with Gasteiger partial charge in [0.05, 0.1) is 5.39 Å². The number of carboxylic acids is 1. The van der Waals surface area contributed by atoms with Gasteiger partial charge < -0.3 is 15.5 Å². The summed E-state index contributed by atoms with van der Waals surface area (Å²) in [6, 6.07) is 14.3. The van der Waals surface area contributed by atoms with E-state index in [2.05, 4.69) is 15.3 Å². The van der Waals surface area contributed by atoms with E-state index < -0.39 is 5.97 Å². The molecule has 2 aromatic carbocycles. The van der Waals surface area contributed by atoms with E-state index >= 15 is 0 Å². The van der Waals surface area contributed by atoms with E-state index in [-0.39, 0.29) is 11.3 Å². The highest BCUT2D eigenvalue weighted by atomic mass is 32.1. The van der Waals surface area contributed by atoms with Crippen molar-refractivity contribution in [1.82, 2.24) is 9.97 Å². The van der Waals surface area contributed by atoms with Crippen molar-refractivity contribution in [2.24, 2.45) is 0 Å². The van der Waals surface area contributed by atoms with Gasteiger partial charge in [-0.3, -0.25) is 0 Å². The van der Waals surface area contributed by atoms with Gasteiger partial charge in [0.15, 0.2) is 0 Å². The zero-order chi connectivity index (χ0) is 19.0. The number of hydrogen-bond donors (Lipinski definition) is 3. The zero-order valence-electron chi connectivity index (χ0n) is 14.3. The first-order chi connectivity index (χ1) is 13.0. The Bertz CT molecular complexity index is 1160. The molecule has 0 spiro atoms. The third-order valence-electron chi connectivity index (χ3n) is 4.12. The molecule has 0 aliphatic heterocycles. The van der Waals surface area contributed by atoms with Crippen molar-refractivity contribution in [3.8, 4) is 16.9 Å². The fourth-order valence-corrected chi connectivity index (χ4v) is 3.89. The van der Waals surface area contributed by atoms with Gasteiger partial charge in [-0.05, 0) is 24.6 Å². The van der Waals surface area contributed by atoms with Gasteiger partial charge in [-0.1, -0.05) is 30.3 Å². The number of carboxylic acid groups (broad SMARTS) is 1. The number of fused-ring (bicyclic) bond motifs is 1. The smallest absolute Gasteiger partial charge is 0.339 e. The van der Waals surface area contributed by atoms with E-state index in [9.17, 15) is 9.90 Å². The quantitative estimate of drug-likeness (QED) is 0.472. The lowest BCUT2D eigenvalue weighted by molar-refractivity contribution is 0.0694. The van der Waals surface area contributed by atoms with Gasteiger partial charge in [0, 0.05) is 22.7 Å². The molecule has 3 N–H and O–H groups in total. The molecule has 2 heterocycles. The Hall–Kier alpha value is -3.45. The third kappa shape index (κ3) is 3.20. The Balaban J connectivity index is 1.83. The van der Waals surface area contributed by atoms with Crippen molar-refractivity contribution in [2.45, 2.75) is 6.92 Å². The highest BCUT2D eigenvalue weighted by Gasteiger charge is 2.16. The molecule has 0 amide bonds. The zero-order valence-corrected chi connectivity index (χ0v) is 15.1.